The van der Waals surface area contributed by atoms with Crippen LogP contribution in [0, 0.1) is 6.92 Å². The van der Waals surface area contributed by atoms with Gasteiger partial charge in [-0.1, -0.05) is 66.9 Å². The van der Waals surface area contributed by atoms with Crippen molar-refractivity contribution >= 4 is 27.5 Å². The molecule has 1 unspecified atom stereocenters. The molecule has 0 aliphatic heterocycles. The van der Waals surface area contributed by atoms with Crippen LogP contribution in [0.5, 0.6) is 5.75 Å². The zero-order valence-corrected chi connectivity index (χ0v) is 24.1. The minimum absolute atomic E-state index is 0.0582. The number of anilines is 1. The van der Waals surface area contributed by atoms with E-state index in [1.165, 1.54) is 24.1 Å². The van der Waals surface area contributed by atoms with Crippen LogP contribution in [0.25, 0.3) is 0 Å². The van der Waals surface area contributed by atoms with E-state index in [1.807, 2.05) is 31.2 Å². The summed E-state index contributed by atoms with van der Waals surface area (Å²) >= 11 is 0. The van der Waals surface area contributed by atoms with Gasteiger partial charge >= 0.3 is 0 Å². The molecular formula is C31H37N3O5S. The van der Waals surface area contributed by atoms with Crippen molar-refractivity contribution in [3.8, 4) is 5.75 Å². The lowest BCUT2D eigenvalue weighted by atomic mass is 10.1. The molecule has 4 rings (SSSR count). The molecule has 3 aromatic rings. The number of aryl methyl sites for hydroxylation is 1. The first-order valence-corrected chi connectivity index (χ1v) is 15.0. The molecule has 0 heterocycles. The van der Waals surface area contributed by atoms with Crippen LogP contribution in [-0.4, -0.2) is 50.9 Å². The SMILES string of the molecule is COc1cccc(N(CC(=O)N(Cc2cccc(C)c2)C(C)C(=O)NC2CCCC2)S(=O)(=O)c2ccccc2)c1. The number of methoxy groups -OCH3 is 1. The topological polar surface area (TPSA) is 96.0 Å². The van der Waals surface area contributed by atoms with E-state index < -0.39 is 28.5 Å². The highest BCUT2D eigenvalue weighted by molar-refractivity contribution is 7.92. The zero-order chi connectivity index (χ0) is 28.7. The number of carbonyl (C=O) groups excluding carboxylic acids is 2. The maximum atomic E-state index is 14.0. The number of benzene rings is 3. The number of nitrogens with one attached hydrogen (secondary N) is 1. The predicted octanol–water partition coefficient (Wildman–Crippen LogP) is 4.68. The molecule has 9 heteroatoms. The first kappa shape index (κ1) is 29.1. The highest BCUT2D eigenvalue weighted by Gasteiger charge is 2.33. The van der Waals surface area contributed by atoms with E-state index in [2.05, 4.69) is 5.32 Å². The summed E-state index contributed by atoms with van der Waals surface area (Å²) in [7, 11) is -2.63. The molecule has 0 spiro atoms. The van der Waals surface area contributed by atoms with Crippen LogP contribution >= 0.6 is 0 Å². The number of nitrogens with zero attached hydrogens (tertiary/aromatic N) is 2. The van der Waals surface area contributed by atoms with Gasteiger partial charge in [-0.05, 0) is 56.5 Å². The van der Waals surface area contributed by atoms with Crippen molar-refractivity contribution in [3.63, 3.8) is 0 Å². The van der Waals surface area contributed by atoms with Crippen LogP contribution in [-0.2, 0) is 26.2 Å². The third-order valence-electron chi connectivity index (χ3n) is 7.26. The monoisotopic (exact) mass is 563 g/mol. The van der Waals surface area contributed by atoms with Gasteiger partial charge in [0.05, 0.1) is 17.7 Å². The highest BCUT2D eigenvalue weighted by Crippen LogP contribution is 2.28. The summed E-state index contributed by atoms with van der Waals surface area (Å²) in [4.78, 5) is 28.9. The van der Waals surface area contributed by atoms with Gasteiger partial charge in [0.1, 0.15) is 18.3 Å². The van der Waals surface area contributed by atoms with E-state index in [1.54, 1.807) is 49.4 Å². The molecule has 1 aliphatic rings. The van der Waals surface area contributed by atoms with Gasteiger partial charge in [0.2, 0.25) is 11.8 Å². The van der Waals surface area contributed by atoms with Gasteiger partial charge in [-0.15, -0.1) is 0 Å². The largest absolute Gasteiger partial charge is 0.497 e. The van der Waals surface area contributed by atoms with Crippen molar-refractivity contribution in [2.75, 3.05) is 18.0 Å². The smallest absolute Gasteiger partial charge is 0.264 e. The highest BCUT2D eigenvalue weighted by atomic mass is 32.2. The molecule has 40 heavy (non-hydrogen) atoms. The Labute approximate surface area is 237 Å². The number of carbonyl (C=O) groups is 2. The Morgan fingerprint density at radius 2 is 1.68 bits per heavy atom. The fourth-order valence-corrected chi connectivity index (χ4v) is 6.42. The molecule has 0 saturated heterocycles. The Balaban J connectivity index is 1.69. The Kier molecular flexibility index (Phi) is 9.47. The molecule has 3 aromatic carbocycles. The molecule has 1 atom stereocenters. The summed E-state index contributed by atoms with van der Waals surface area (Å²) in [6, 6.07) is 21.6. The lowest BCUT2D eigenvalue weighted by Gasteiger charge is -2.32. The van der Waals surface area contributed by atoms with Gasteiger partial charge in [0.25, 0.3) is 10.0 Å². The molecule has 1 aliphatic carbocycles. The zero-order valence-electron chi connectivity index (χ0n) is 23.2. The number of ether oxygens (including phenoxy) is 1. The van der Waals surface area contributed by atoms with Crippen LogP contribution < -0.4 is 14.4 Å². The molecule has 2 amide bonds. The van der Waals surface area contributed by atoms with E-state index in [9.17, 15) is 18.0 Å². The van der Waals surface area contributed by atoms with Gasteiger partial charge in [-0.3, -0.25) is 13.9 Å². The second-order valence-corrected chi connectivity index (χ2v) is 12.1. The summed E-state index contributed by atoms with van der Waals surface area (Å²) in [5.41, 5.74) is 2.17. The molecule has 1 fully saturated rings. The van der Waals surface area contributed by atoms with E-state index in [0.717, 1.165) is 41.1 Å². The quantitative estimate of drug-likeness (QED) is 0.366. The Hall–Kier alpha value is -3.85. The van der Waals surface area contributed by atoms with Crippen molar-refractivity contribution in [1.82, 2.24) is 10.2 Å². The third kappa shape index (κ3) is 7.01. The first-order chi connectivity index (χ1) is 19.2. The number of hydrogen-bond donors (Lipinski definition) is 1. The lowest BCUT2D eigenvalue weighted by Crippen LogP contribution is -2.52. The van der Waals surface area contributed by atoms with Crippen LogP contribution in [0.4, 0.5) is 5.69 Å². The van der Waals surface area contributed by atoms with Crippen LogP contribution in [0.15, 0.2) is 83.8 Å². The van der Waals surface area contributed by atoms with Crippen LogP contribution in [0.1, 0.15) is 43.7 Å². The van der Waals surface area contributed by atoms with Crippen LogP contribution in [0.3, 0.4) is 0 Å². The van der Waals surface area contributed by atoms with Gasteiger partial charge in [0, 0.05) is 18.7 Å². The normalized spacial score (nSPS) is 14.4. The second kappa shape index (κ2) is 13.0. The number of hydrogen-bond acceptors (Lipinski definition) is 5. The molecule has 212 valence electrons. The predicted molar refractivity (Wildman–Crippen MR) is 156 cm³/mol. The van der Waals surface area contributed by atoms with Gasteiger partial charge < -0.3 is 15.0 Å². The molecule has 0 aromatic heterocycles. The van der Waals surface area contributed by atoms with Crippen molar-refractivity contribution in [2.45, 2.75) is 63.1 Å². The summed E-state index contributed by atoms with van der Waals surface area (Å²) in [5, 5.41) is 3.09. The lowest BCUT2D eigenvalue weighted by molar-refractivity contribution is -0.139. The standard InChI is InChI=1S/C31H37N3O5S/c1-23-11-9-12-25(19-23)21-33(24(2)31(36)32-26-13-7-8-14-26)30(35)22-34(27-15-10-16-28(20-27)39-3)40(37,38)29-17-5-4-6-18-29/h4-6,9-12,15-20,24,26H,7-8,13-14,21-22H2,1-3H3,(H,32,36). The molecular weight excluding hydrogens is 526 g/mol. The molecule has 0 radical (unpaired) electrons. The van der Waals surface area contributed by atoms with E-state index in [0.29, 0.717) is 5.75 Å². The van der Waals surface area contributed by atoms with E-state index >= 15 is 0 Å². The summed E-state index contributed by atoms with van der Waals surface area (Å²) in [5.74, 6) is -0.274. The maximum absolute atomic E-state index is 14.0. The fourth-order valence-electron chi connectivity index (χ4n) is 5.00. The van der Waals surface area contributed by atoms with Crippen molar-refractivity contribution in [2.24, 2.45) is 0 Å². The van der Waals surface area contributed by atoms with Crippen LogP contribution in [0.2, 0.25) is 0 Å². The second-order valence-electron chi connectivity index (χ2n) is 10.2. The molecule has 8 nitrogen and oxygen atoms in total. The molecule has 1 N–H and O–H groups in total. The van der Waals surface area contributed by atoms with Gasteiger partial charge in [-0.25, -0.2) is 8.42 Å². The van der Waals surface area contributed by atoms with E-state index in [4.69, 9.17) is 4.74 Å². The first-order valence-electron chi connectivity index (χ1n) is 13.6. The number of sulfonamides is 1. The van der Waals surface area contributed by atoms with Gasteiger partial charge in [0.15, 0.2) is 0 Å². The average molecular weight is 564 g/mol. The van der Waals surface area contributed by atoms with Crippen molar-refractivity contribution < 1.29 is 22.7 Å². The Morgan fingerprint density at radius 3 is 2.35 bits per heavy atom. The van der Waals surface area contributed by atoms with Crippen molar-refractivity contribution in [3.05, 3.63) is 90.0 Å². The minimum Gasteiger partial charge on any atom is -0.497 e. The molecule has 1 saturated carbocycles. The third-order valence-corrected chi connectivity index (χ3v) is 9.04. The van der Waals surface area contributed by atoms with E-state index in [-0.39, 0.29) is 29.1 Å². The maximum Gasteiger partial charge on any atom is 0.264 e. The summed E-state index contributed by atoms with van der Waals surface area (Å²) in [6.07, 6.45) is 3.97. The summed E-state index contributed by atoms with van der Waals surface area (Å²) in [6.45, 7) is 3.33. The molecule has 0 bridgehead atoms. The number of rotatable bonds is 11. The number of amides is 2. The minimum atomic E-state index is -4.12. The Bertz CT molecular complexity index is 1420. The summed E-state index contributed by atoms with van der Waals surface area (Å²) < 4.78 is 34.1. The fraction of sp³-hybridized carbons (Fsp3) is 0.355. The average Bonchev–Trinajstić information content (AvgIpc) is 3.47. The van der Waals surface area contributed by atoms with Crippen molar-refractivity contribution in [1.29, 1.82) is 0 Å². The van der Waals surface area contributed by atoms with Gasteiger partial charge in [-0.2, -0.15) is 0 Å². The Morgan fingerprint density at radius 1 is 0.975 bits per heavy atom.